The normalized spacial score (nSPS) is 16.5. The summed E-state index contributed by atoms with van der Waals surface area (Å²) in [6.45, 7) is 4.08. The number of nitrogens with zero attached hydrogens (tertiary/aromatic N) is 2. The SMILES string of the molecule is CCN(CCNC(=O)CNC(=O)C1=CC(C#N)C(F)C=C1)c1ccc(OCc2ccccc2)cc1. The van der Waals surface area contributed by atoms with Crippen molar-refractivity contribution in [1.29, 1.82) is 5.26 Å². The van der Waals surface area contributed by atoms with Gasteiger partial charge in [0.25, 0.3) is 5.91 Å². The minimum absolute atomic E-state index is 0.173. The van der Waals surface area contributed by atoms with Crippen molar-refractivity contribution in [2.24, 2.45) is 5.92 Å². The summed E-state index contributed by atoms with van der Waals surface area (Å²) in [5.41, 5.74) is 2.29. The van der Waals surface area contributed by atoms with Gasteiger partial charge in [-0.05, 0) is 42.8 Å². The van der Waals surface area contributed by atoms with Gasteiger partial charge < -0.3 is 20.3 Å². The molecule has 0 saturated carbocycles. The van der Waals surface area contributed by atoms with Crippen molar-refractivity contribution in [1.82, 2.24) is 10.6 Å². The van der Waals surface area contributed by atoms with Crippen LogP contribution in [-0.2, 0) is 16.2 Å². The highest BCUT2D eigenvalue weighted by atomic mass is 19.1. The Morgan fingerprint density at radius 3 is 2.54 bits per heavy atom. The second-order valence-corrected chi connectivity index (χ2v) is 7.96. The fourth-order valence-corrected chi connectivity index (χ4v) is 3.54. The van der Waals surface area contributed by atoms with Crippen molar-refractivity contribution in [2.75, 3.05) is 31.1 Å². The molecule has 2 aromatic rings. The number of hydrogen-bond donors (Lipinski definition) is 2. The molecule has 0 heterocycles. The lowest BCUT2D eigenvalue weighted by Gasteiger charge is -2.23. The van der Waals surface area contributed by atoms with Crippen molar-refractivity contribution in [3.8, 4) is 11.8 Å². The Morgan fingerprint density at radius 2 is 1.86 bits per heavy atom. The lowest BCUT2D eigenvalue weighted by molar-refractivity contribution is -0.124. The van der Waals surface area contributed by atoms with Gasteiger partial charge in [-0.3, -0.25) is 9.59 Å². The quantitative estimate of drug-likeness (QED) is 0.519. The van der Waals surface area contributed by atoms with Gasteiger partial charge in [-0.2, -0.15) is 5.26 Å². The van der Waals surface area contributed by atoms with Crippen LogP contribution in [0.2, 0.25) is 0 Å². The summed E-state index contributed by atoms with van der Waals surface area (Å²) in [6, 6.07) is 19.6. The molecule has 0 aliphatic heterocycles. The molecule has 1 aliphatic carbocycles. The van der Waals surface area contributed by atoms with Crippen LogP contribution in [0.15, 0.2) is 78.4 Å². The topological polar surface area (TPSA) is 94.5 Å². The Morgan fingerprint density at radius 1 is 1.11 bits per heavy atom. The number of nitriles is 1. The van der Waals surface area contributed by atoms with Gasteiger partial charge in [0.15, 0.2) is 0 Å². The first-order chi connectivity index (χ1) is 17.0. The molecule has 35 heavy (non-hydrogen) atoms. The average Bonchev–Trinajstić information content (AvgIpc) is 2.90. The highest BCUT2D eigenvalue weighted by Crippen LogP contribution is 2.21. The molecular formula is C27H29FN4O3. The number of ether oxygens (including phenoxy) is 1. The molecule has 2 N–H and O–H groups in total. The van der Waals surface area contributed by atoms with Crippen LogP contribution < -0.4 is 20.3 Å². The first-order valence-electron chi connectivity index (χ1n) is 11.5. The minimum Gasteiger partial charge on any atom is -0.489 e. The number of anilines is 1. The van der Waals surface area contributed by atoms with Crippen LogP contribution in [0.4, 0.5) is 10.1 Å². The number of allylic oxidation sites excluding steroid dienone is 2. The van der Waals surface area contributed by atoms with E-state index in [0.29, 0.717) is 19.7 Å². The third-order valence-electron chi connectivity index (χ3n) is 5.52. The van der Waals surface area contributed by atoms with Crippen LogP contribution in [0, 0.1) is 17.2 Å². The van der Waals surface area contributed by atoms with Crippen LogP contribution in [-0.4, -0.2) is 44.2 Å². The standard InChI is InChI=1S/C27H29FN4O3/c1-2-32(23-9-11-24(12-10-23)35-19-20-6-4-3-5-7-20)15-14-30-26(33)18-31-27(34)21-8-13-25(28)22(16-21)17-29/h3-13,16,22,25H,2,14-15,18-19H2,1H3,(H,30,33)(H,31,34). The first kappa shape index (κ1) is 25.5. The van der Waals surface area contributed by atoms with E-state index in [1.165, 1.54) is 18.2 Å². The van der Waals surface area contributed by atoms with E-state index in [0.717, 1.165) is 23.5 Å². The number of benzene rings is 2. The highest BCUT2D eigenvalue weighted by Gasteiger charge is 2.22. The maximum atomic E-state index is 13.5. The van der Waals surface area contributed by atoms with E-state index in [2.05, 4.69) is 15.5 Å². The molecule has 2 atom stereocenters. The van der Waals surface area contributed by atoms with Gasteiger partial charge >= 0.3 is 0 Å². The number of carbonyl (C=O) groups is 2. The van der Waals surface area contributed by atoms with Gasteiger partial charge in [-0.15, -0.1) is 0 Å². The predicted molar refractivity (Wildman–Crippen MR) is 132 cm³/mol. The van der Waals surface area contributed by atoms with E-state index in [-0.39, 0.29) is 18.0 Å². The second-order valence-electron chi connectivity index (χ2n) is 7.96. The highest BCUT2D eigenvalue weighted by molar-refractivity contribution is 5.98. The second kappa shape index (κ2) is 12.9. The Kier molecular flexibility index (Phi) is 9.43. The lowest BCUT2D eigenvalue weighted by Crippen LogP contribution is -2.41. The van der Waals surface area contributed by atoms with E-state index in [9.17, 15) is 14.0 Å². The number of rotatable bonds is 11. The fourth-order valence-electron chi connectivity index (χ4n) is 3.54. The molecule has 3 rings (SSSR count). The van der Waals surface area contributed by atoms with Gasteiger partial charge in [-0.25, -0.2) is 4.39 Å². The predicted octanol–water partition coefficient (Wildman–Crippen LogP) is 3.30. The molecule has 8 heteroatoms. The number of alkyl halides is 1. The first-order valence-corrected chi connectivity index (χ1v) is 11.5. The molecular weight excluding hydrogens is 447 g/mol. The lowest BCUT2D eigenvalue weighted by atomic mass is 9.95. The van der Waals surface area contributed by atoms with E-state index < -0.39 is 18.0 Å². The molecule has 0 bridgehead atoms. The Labute approximate surface area is 204 Å². The summed E-state index contributed by atoms with van der Waals surface area (Å²) in [5, 5.41) is 14.2. The fraction of sp³-hybridized carbons (Fsp3) is 0.296. The maximum Gasteiger partial charge on any atom is 0.251 e. The zero-order chi connectivity index (χ0) is 25.0. The molecule has 0 saturated heterocycles. The average molecular weight is 477 g/mol. The Hall–Kier alpha value is -4.12. The molecule has 0 spiro atoms. The summed E-state index contributed by atoms with van der Waals surface area (Å²) in [4.78, 5) is 26.4. The van der Waals surface area contributed by atoms with E-state index >= 15 is 0 Å². The van der Waals surface area contributed by atoms with Gasteiger partial charge in [0.05, 0.1) is 12.6 Å². The summed E-state index contributed by atoms with van der Waals surface area (Å²) >= 11 is 0. The molecule has 2 amide bonds. The third kappa shape index (κ3) is 7.71. The van der Waals surface area contributed by atoms with Crippen molar-refractivity contribution in [2.45, 2.75) is 19.7 Å². The number of likely N-dealkylation sites (N-methyl/N-ethyl adjacent to an activating group) is 1. The maximum absolute atomic E-state index is 13.5. The molecule has 182 valence electrons. The van der Waals surface area contributed by atoms with Crippen molar-refractivity contribution < 1.29 is 18.7 Å². The number of carbonyl (C=O) groups excluding carboxylic acids is 2. The minimum atomic E-state index is -1.43. The van der Waals surface area contributed by atoms with Gasteiger partial charge in [0, 0.05) is 30.9 Å². The monoisotopic (exact) mass is 476 g/mol. The number of halogens is 1. The van der Waals surface area contributed by atoms with E-state index in [1.807, 2.05) is 61.5 Å². The van der Waals surface area contributed by atoms with E-state index in [4.69, 9.17) is 10.00 Å². The molecule has 0 fully saturated rings. The Balaban J connectivity index is 1.40. The summed E-state index contributed by atoms with van der Waals surface area (Å²) in [5.74, 6) is -1.07. The van der Waals surface area contributed by atoms with Gasteiger partial charge in [0.2, 0.25) is 5.91 Å². The van der Waals surface area contributed by atoms with Crippen molar-refractivity contribution in [3.05, 3.63) is 84.0 Å². The van der Waals surface area contributed by atoms with Crippen molar-refractivity contribution >= 4 is 17.5 Å². The molecule has 2 unspecified atom stereocenters. The zero-order valence-electron chi connectivity index (χ0n) is 19.6. The van der Waals surface area contributed by atoms with Crippen LogP contribution in [0.25, 0.3) is 0 Å². The molecule has 0 radical (unpaired) electrons. The van der Waals surface area contributed by atoms with Crippen LogP contribution in [0.1, 0.15) is 12.5 Å². The molecule has 2 aromatic carbocycles. The zero-order valence-corrected chi connectivity index (χ0v) is 19.6. The number of nitrogens with one attached hydrogen (secondary N) is 2. The summed E-state index contributed by atoms with van der Waals surface area (Å²) in [6.07, 6.45) is 2.33. The molecule has 1 aliphatic rings. The van der Waals surface area contributed by atoms with Crippen molar-refractivity contribution in [3.63, 3.8) is 0 Å². The van der Waals surface area contributed by atoms with Gasteiger partial charge in [-0.1, -0.05) is 42.5 Å². The summed E-state index contributed by atoms with van der Waals surface area (Å²) < 4.78 is 19.3. The number of amides is 2. The van der Waals surface area contributed by atoms with Crippen LogP contribution in [0.3, 0.4) is 0 Å². The van der Waals surface area contributed by atoms with Crippen LogP contribution in [0.5, 0.6) is 5.75 Å². The van der Waals surface area contributed by atoms with E-state index in [1.54, 1.807) is 6.07 Å². The molecule has 7 nitrogen and oxygen atoms in total. The van der Waals surface area contributed by atoms with Crippen LogP contribution >= 0.6 is 0 Å². The number of hydrogen-bond acceptors (Lipinski definition) is 5. The summed E-state index contributed by atoms with van der Waals surface area (Å²) in [7, 11) is 0. The molecule has 0 aromatic heterocycles. The third-order valence-corrected chi connectivity index (χ3v) is 5.52. The van der Waals surface area contributed by atoms with Gasteiger partial charge in [0.1, 0.15) is 24.4 Å². The largest absolute Gasteiger partial charge is 0.489 e. The Bertz CT molecular complexity index is 1090. The smallest absolute Gasteiger partial charge is 0.251 e.